The van der Waals surface area contributed by atoms with Crippen molar-refractivity contribution in [2.75, 3.05) is 0 Å². The van der Waals surface area contributed by atoms with Gasteiger partial charge in [-0.05, 0) is 31.5 Å². The molecular weight excluding hydrogens is 208 g/mol. The number of benzene rings is 1. The van der Waals surface area contributed by atoms with Crippen LogP contribution in [0.25, 0.3) is 16.0 Å². The van der Waals surface area contributed by atoms with E-state index in [1.807, 2.05) is 0 Å². The van der Waals surface area contributed by atoms with Crippen LogP contribution in [0.2, 0.25) is 0 Å². The van der Waals surface area contributed by atoms with Gasteiger partial charge in [0.15, 0.2) is 4.96 Å². The van der Waals surface area contributed by atoms with Crippen molar-refractivity contribution in [3.63, 3.8) is 0 Å². The molecule has 3 rings (SSSR count). The van der Waals surface area contributed by atoms with Crippen molar-refractivity contribution in [3.8, 4) is 0 Å². The lowest BCUT2D eigenvalue weighted by Crippen LogP contribution is -1.82. The Labute approximate surface area is 91.3 Å². The van der Waals surface area contributed by atoms with Crippen LogP contribution >= 0.6 is 11.3 Å². The maximum atomic E-state index is 4.58. The second kappa shape index (κ2) is 3.32. The van der Waals surface area contributed by atoms with Gasteiger partial charge in [0.1, 0.15) is 0 Å². The fourth-order valence-corrected chi connectivity index (χ4v) is 2.66. The van der Waals surface area contributed by atoms with Gasteiger partial charge >= 0.3 is 0 Å². The Morgan fingerprint density at radius 1 is 1.27 bits per heavy atom. The van der Waals surface area contributed by atoms with Crippen LogP contribution in [0.4, 0.5) is 0 Å². The Bertz CT molecular complexity index is 624. The molecule has 2 heterocycles. The number of imidazole rings is 1. The third-order valence-corrected chi connectivity index (χ3v) is 3.41. The van der Waals surface area contributed by atoms with E-state index in [-0.39, 0.29) is 5.48 Å². The minimum atomic E-state index is 0. The summed E-state index contributed by atoms with van der Waals surface area (Å²) in [5.74, 6) is 0. The lowest BCUT2D eigenvalue weighted by atomic mass is 10.2. The number of rotatable bonds is 0. The van der Waals surface area contributed by atoms with E-state index in [0.717, 1.165) is 10.5 Å². The zero-order chi connectivity index (χ0) is 9.71. The van der Waals surface area contributed by atoms with E-state index in [1.54, 1.807) is 11.3 Å². The van der Waals surface area contributed by atoms with Crippen LogP contribution in [0.15, 0.2) is 23.6 Å². The molecule has 0 radical (unpaired) electrons. The molecule has 1 aromatic carbocycles. The molecule has 0 unspecified atom stereocenters. The van der Waals surface area contributed by atoms with E-state index in [0.29, 0.717) is 0 Å². The van der Waals surface area contributed by atoms with Crippen LogP contribution in [0.5, 0.6) is 0 Å². The molecule has 0 spiro atoms. The minimum Gasteiger partial charge on any atom is -0.412 e. The molecule has 0 bridgehead atoms. The van der Waals surface area contributed by atoms with E-state index in [2.05, 4.69) is 46.8 Å². The molecule has 0 amide bonds. The van der Waals surface area contributed by atoms with E-state index in [9.17, 15) is 0 Å². The third kappa shape index (κ3) is 1.33. The second-order valence-electron chi connectivity index (χ2n) is 3.60. The number of hydrogen-bond acceptors (Lipinski definition) is 2. The monoisotopic (exact) mass is 220 g/mol. The zero-order valence-corrected chi connectivity index (χ0v) is 9.43. The number of fused-ring (bicyclic) bond motifs is 3. The molecule has 78 valence electrons. The summed E-state index contributed by atoms with van der Waals surface area (Å²) in [6.07, 6.45) is 0. The Kier molecular flexibility index (Phi) is 2.25. The number of hydrogen-bond donors (Lipinski definition) is 0. The van der Waals surface area contributed by atoms with Gasteiger partial charge in [-0.15, -0.1) is 11.3 Å². The number of aryl methyl sites for hydroxylation is 2. The Hall–Kier alpha value is -1.39. The minimum absolute atomic E-state index is 0. The van der Waals surface area contributed by atoms with Gasteiger partial charge in [0.05, 0.1) is 11.0 Å². The summed E-state index contributed by atoms with van der Waals surface area (Å²) in [5, 5.41) is 2.14. The largest absolute Gasteiger partial charge is 0.412 e. The van der Waals surface area contributed by atoms with Gasteiger partial charge in [0.2, 0.25) is 0 Å². The summed E-state index contributed by atoms with van der Waals surface area (Å²) in [6, 6.07) is 6.41. The van der Waals surface area contributed by atoms with Crippen LogP contribution < -0.4 is 0 Å². The molecule has 0 aliphatic carbocycles. The first-order valence-electron chi connectivity index (χ1n) is 4.58. The first-order valence-corrected chi connectivity index (χ1v) is 5.46. The normalized spacial score (nSPS) is 10.8. The summed E-state index contributed by atoms with van der Waals surface area (Å²) in [5.41, 5.74) is 4.83. The highest BCUT2D eigenvalue weighted by Crippen LogP contribution is 2.23. The molecule has 0 saturated carbocycles. The first-order chi connectivity index (χ1) is 6.75. The SMILES string of the molecule is Cc1ccc2c(c1)nc1scc(C)n12.O. The van der Waals surface area contributed by atoms with Crippen molar-refractivity contribution in [2.24, 2.45) is 0 Å². The zero-order valence-electron chi connectivity index (χ0n) is 8.61. The fraction of sp³-hybridized carbons (Fsp3) is 0.182. The molecule has 2 aromatic heterocycles. The van der Waals surface area contributed by atoms with Crippen LogP contribution in [0, 0.1) is 13.8 Å². The topological polar surface area (TPSA) is 48.8 Å². The van der Waals surface area contributed by atoms with E-state index < -0.39 is 0 Å². The van der Waals surface area contributed by atoms with Crippen molar-refractivity contribution < 1.29 is 5.48 Å². The van der Waals surface area contributed by atoms with Crippen LogP contribution in [-0.2, 0) is 0 Å². The lowest BCUT2D eigenvalue weighted by molar-refractivity contribution is 0.824. The molecule has 4 heteroatoms. The van der Waals surface area contributed by atoms with Gasteiger partial charge in [-0.3, -0.25) is 4.40 Å². The second-order valence-corrected chi connectivity index (χ2v) is 4.44. The predicted molar refractivity (Wildman–Crippen MR) is 63.7 cm³/mol. The van der Waals surface area contributed by atoms with Gasteiger partial charge in [0.25, 0.3) is 0 Å². The van der Waals surface area contributed by atoms with Gasteiger partial charge in [-0.1, -0.05) is 6.07 Å². The van der Waals surface area contributed by atoms with E-state index in [4.69, 9.17) is 0 Å². The van der Waals surface area contributed by atoms with Crippen molar-refractivity contribution in [1.82, 2.24) is 9.38 Å². The number of thiazole rings is 1. The Morgan fingerprint density at radius 3 is 2.87 bits per heavy atom. The van der Waals surface area contributed by atoms with E-state index >= 15 is 0 Å². The predicted octanol–water partition coefficient (Wildman–Crippen LogP) is 2.34. The van der Waals surface area contributed by atoms with Crippen molar-refractivity contribution in [3.05, 3.63) is 34.8 Å². The summed E-state index contributed by atoms with van der Waals surface area (Å²) in [6.45, 7) is 4.21. The molecule has 2 N–H and O–H groups in total. The summed E-state index contributed by atoms with van der Waals surface area (Å²) >= 11 is 1.70. The maximum Gasteiger partial charge on any atom is 0.194 e. The molecule has 15 heavy (non-hydrogen) atoms. The Morgan fingerprint density at radius 2 is 2.07 bits per heavy atom. The quantitative estimate of drug-likeness (QED) is 0.573. The van der Waals surface area contributed by atoms with Crippen molar-refractivity contribution in [1.29, 1.82) is 0 Å². The summed E-state index contributed by atoms with van der Waals surface area (Å²) < 4.78 is 2.21. The molecule has 0 saturated heterocycles. The highest BCUT2D eigenvalue weighted by molar-refractivity contribution is 7.15. The van der Waals surface area contributed by atoms with Crippen molar-refractivity contribution >= 4 is 27.3 Å². The number of aromatic nitrogens is 2. The van der Waals surface area contributed by atoms with Gasteiger partial charge < -0.3 is 5.48 Å². The van der Waals surface area contributed by atoms with Crippen LogP contribution in [0.3, 0.4) is 0 Å². The van der Waals surface area contributed by atoms with Gasteiger partial charge in [0, 0.05) is 11.1 Å². The average molecular weight is 220 g/mol. The molecule has 3 nitrogen and oxygen atoms in total. The highest BCUT2D eigenvalue weighted by atomic mass is 32.1. The highest BCUT2D eigenvalue weighted by Gasteiger charge is 2.07. The molecule has 0 aliphatic rings. The van der Waals surface area contributed by atoms with Gasteiger partial charge in [-0.25, -0.2) is 4.98 Å². The first kappa shape index (κ1) is 10.1. The maximum absolute atomic E-state index is 4.58. The standard InChI is InChI=1S/C11H10N2S.H2O/c1-7-3-4-10-9(5-7)12-11-13(10)8(2)6-14-11;/h3-6H,1-2H3;1H2. The van der Waals surface area contributed by atoms with E-state index in [1.165, 1.54) is 16.8 Å². The van der Waals surface area contributed by atoms with Crippen molar-refractivity contribution in [2.45, 2.75) is 13.8 Å². The molecule has 0 fully saturated rings. The van der Waals surface area contributed by atoms with Crippen LogP contribution in [-0.4, -0.2) is 14.9 Å². The van der Waals surface area contributed by atoms with Gasteiger partial charge in [-0.2, -0.15) is 0 Å². The average Bonchev–Trinajstić information content (AvgIpc) is 2.66. The summed E-state index contributed by atoms with van der Waals surface area (Å²) in [4.78, 5) is 5.66. The molecule has 0 atom stereocenters. The summed E-state index contributed by atoms with van der Waals surface area (Å²) in [7, 11) is 0. The fourth-order valence-electron chi connectivity index (χ4n) is 1.78. The lowest BCUT2D eigenvalue weighted by Gasteiger charge is -1.94. The third-order valence-electron chi connectivity index (χ3n) is 2.47. The molecular formula is C11H12N2OS. The number of nitrogens with zero attached hydrogens (tertiary/aromatic N) is 2. The van der Waals surface area contributed by atoms with Crippen LogP contribution in [0.1, 0.15) is 11.3 Å². The molecule has 3 aromatic rings. The Balaban J connectivity index is 0.000000853. The molecule has 0 aliphatic heterocycles. The smallest absolute Gasteiger partial charge is 0.194 e.